The highest BCUT2D eigenvalue weighted by Crippen LogP contribution is 1.86. The standard InChI is InChI=1S/C3H5NO.H2O2/c1-2-4-5-3-1;1-2/h2H,1,3H2;1-2H. The van der Waals surface area contributed by atoms with Gasteiger partial charge < -0.3 is 4.84 Å². The van der Waals surface area contributed by atoms with Crippen molar-refractivity contribution in [1.82, 2.24) is 0 Å². The van der Waals surface area contributed by atoms with Gasteiger partial charge in [0.2, 0.25) is 0 Å². The molecule has 0 spiro atoms. The van der Waals surface area contributed by atoms with Crippen molar-refractivity contribution in [3.63, 3.8) is 0 Å². The minimum absolute atomic E-state index is 0.778. The molecule has 4 nitrogen and oxygen atoms in total. The van der Waals surface area contributed by atoms with Crippen molar-refractivity contribution in [2.45, 2.75) is 6.42 Å². The zero-order valence-electron chi connectivity index (χ0n) is 3.74. The second-order valence-corrected chi connectivity index (χ2v) is 0.910. The molecule has 0 radical (unpaired) electrons. The van der Waals surface area contributed by atoms with E-state index in [1.54, 1.807) is 6.21 Å². The fourth-order valence-corrected chi connectivity index (χ4v) is 0.264. The topological polar surface area (TPSA) is 62.0 Å². The predicted molar refractivity (Wildman–Crippen MR) is 24.3 cm³/mol. The van der Waals surface area contributed by atoms with E-state index in [1.165, 1.54) is 0 Å². The molecule has 0 aromatic heterocycles. The van der Waals surface area contributed by atoms with Crippen LogP contribution in [0.15, 0.2) is 5.16 Å². The summed E-state index contributed by atoms with van der Waals surface area (Å²) < 4.78 is 0. The van der Waals surface area contributed by atoms with E-state index in [1.807, 2.05) is 0 Å². The maximum Gasteiger partial charge on any atom is 0.122 e. The summed E-state index contributed by atoms with van der Waals surface area (Å²) in [6, 6.07) is 0. The molecule has 0 amide bonds. The molecule has 1 aliphatic heterocycles. The van der Waals surface area contributed by atoms with Crippen LogP contribution in [-0.4, -0.2) is 23.3 Å². The molecule has 1 rings (SSSR count). The van der Waals surface area contributed by atoms with Gasteiger partial charge >= 0.3 is 0 Å². The zero-order valence-corrected chi connectivity index (χ0v) is 3.74. The molecule has 42 valence electrons. The van der Waals surface area contributed by atoms with Crippen LogP contribution in [0, 0.1) is 0 Å². The van der Waals surface area contributed by atoms with Gasteiger partial charge in [0.1, 0.15) is 6.61 Å². The van der Waals surface area contributed by atoms with Gasteiger partial charge in [0, 0.05) is 12.6 Å². The van der Waals surface area contributed by atoms with Crippen molar-refractivity contribution >= 4 is 6.21 Å². The fourth-order valence-electron chi connectivity index (χ4n) is 0.264. The molecule has 0 bridgehead atoms. The third-order valence-corrected chi connectivity index (χ3v) is 0.487. The van der Waals surface area contributed by atoms with E-state index in [2.05, 4.69) is 9.99 Å². The van der Waals surface area contributed by atoms with E-state index in [4.69, 9.17) is 10.5 Å². The molecular weight excluding hydrogens is 98.0 g/mol. The average molecular weight is 105 g/mol. The molecule has 0 aromatic rings. The van der Waals surface area contributed by atoms with Crippen molar-refractivity contribution in [1.29, 1.82) is 0 Å². The van der Waals surface area contributed by atoms with Crippen LogP contribution in [0.5, 0.6) is 0 Å². The Morgan fingerprint density at radius 2 is 2.29 bits per heavy atom. The number of oxime groups is 1. The zero-order chi connectivity index (χ0) is 5.54. The van der Waals surface area contributed by atoms with Gasteiger partial charge in [-0.15, -0.1) is 0 Å². The lowest BCUT2D eigenvalue weighted by Crippen LogP contribution is -1.72. The molecule has 0 fully saturated rings. The summed E-state index contributed by atoms with van der Waals surface area (Å²) in [4.78, 5) is 4.51. The number of rotatable bonds is 0. The molecule has 0 atom stereocenters. The largest absolute Gasteiger partial charge is 0.396 e. The van der Waals surface area contributed by atoms with E-state index in [0.717, 1.165) is 13.0 Å². The van der Waals surface area contributed by atoms with Crippen molar-refractivity contribution in [2.24, 2.45) is 5.16 Å². The van der Waals surface area contributed by atoms with Gasteiger partial charge in [-0.05, 0) is 0 Å². The monoisotopic (exact) mass is 105 g/mol. The Morgan fingerprint density at radius 1 is 1.57 bits per heavy atom. The molecule has 4 heteroatoms. The molecule has 0 aromatic carbocycles. The van der Waals surface area contributed by atoms with Gasteiger partial charge in [0.25, 0.3) is 0 Å². The van der Waals surface area contributed by atoms with Crippen molar-refractivity contribution in [3.8, 4) is 0 Å². The minimum atomic E-state index is 0.778. The predicted octanol–water partition coefficient (Wildman–Crippen LogP) is 0.410. The van der Waals surface area contributed by atoms with Crippen molar-refractivity contribution < 1.29 is 15.4 Å². The summed E-state index contributed by atoms with van der Waals surface area (Å²) in [7, 11) is 0. The van der Waals surface area contributed by atoms with Crippen molar-refractivity contribution in [2.75, 3.05) is 6.61 Å². The summed E-state index contributed by atoms with van der Waals surface area (Å²) in [6.07, 6.45) is 2.75. The molecule has 1 aliphatic rings. The van der Waals surface area contributed by atoms with Gasteiger partial charge in [-0.25, -0.2) is 0 Å². The Balaban J connectivity index is 0.000000162. The first-order chi connectivity index (χ1) is 3.50. The van der Waals surface area contributed by atoms with E-state index in [-0.39, 0.29) is 0 Å². The van der Waals surface area contributed by atoms with E-state index >= 15 is 0 Å². The quantitative estimate of drug-likeness (QED) is 0.346. The molecule has 0 aliphatic carbocycles. The minimum Gasteiger partial charge on any atom is -0.396 e. The molecule has 7 heavy (non-hydrogen) atoms. The number of hydrogen-bond acceptors (Lipinski definition) is 4. The molecule has 0 saturated carbocycles. The summed E-state index contributed by atoms with van der Waals surface area (Å²) >= 11 is 0. The normalized spacial score (nSPS) is 14.6. The third-order valence-electron chi connectivity index (χ3n) is 0.487. The summed E-state index contributed by atoms with van der Waals surface area (Å²) in [5, 5.41) is 15.5. The number of hydrogen-bond donors (Lipinski definition) is 2. The van der Waals surface area contributed by atoms with Gasteiger partial charge in [0.15, 0.2) is 0 Å². The first kappa shape index (κ1) is 6.39. The van der Waals surface area contributed by atoms with E-state index in [0.29, 0.717) is 0 Å². The maximum absolute atomic E-state index is 6.00. The van der Waals surface area contributed by atoms with Crippen LogP contribution in [-0.2, 0) is 4.84 Å². The highest BCUT2D eigenvalue weighted by molar-refractivity contribution is 5.57. The number of nitrogens with zero attached hydrogens (tertiary/aromatic N) is 1. The lowest BCUT2D eigenvalue weighted by molar-refractivity contribution is -0.176. The Kier molecular flexibility index (Phi) is 4.92. The van der Waals surface area contributed by atoms with Crippen LogP contribution in [0.25, 0.3) is 0 Å². The second kappa shape index (κ2) is 5.39. The van der Waals surface area contributed by atoms with Crippen LogP contribution in [0.4, 0.5) is 0 Å². The Hall–Kier alpha value is -0.610. The molecular formula is C3H7NO3. The summed E-state index contributed by atoms with van der Waals surface area (Å²) in [5.41, 5.74) is 0. The Labute approximate surface area is 40.9 Å². The van der Waals surface area contributed by atoms with Crippen LogP contribution in [0.2, 0.25) is 0 Å². The fraction of sp³-hybridized carbons (Fsp3) is 0.667. The van der Waals surface area contributed by atoms with Crippen LogP contribution in [0.3, 0.4) is 0 Å². The van der Waals surface area contributed by atoms with Crippen LogP contribution in [0.1, 0.15) is 6.42 Å². The Bertz CT molecular complexity index is 48.1. The maximum atomic E-state index is 6.00. The molecule has 1 heterocycles. The molecule has 0 saturated heterocycles. The van der Waals surface area contributed by atoms with Gasteiger partial charge in [0.05, 0.1) is 0 Å². The summed E-state index contributed by atoms with van der Waals surface area (Å²) in [6.45, 7) is 0.778. The van der Waals surface area contributed by atoms with Crippen LogP contribution < -0.4 is 0 Å². The lowest BCUT2D eigenvalue weighted by Gasteiger charge is -1.76. The third kappa shape index (κ3) is 3.21. The Morgan fingerprint density at radius 3 is 2.43 bits per heavy atom. The van der Waals surface area contributed by atoms with E-state index in [9.17, 15) is 0 Å². The summed E-state index contributed by atoms with van der Waals surface area (Å²) in [5.74, 6) is 0. The van der Waals surface area contributed by atoms with Crippen LogP contribution >= 0.6 is 0 Å². The van der Waals surface area contributed by atoms with Gasteiger partial charge in [-0.2, -0.15) is 0 Å². The van der Waals surface area contributed by atoms with Gasteiger partial charge in [-0.1, -0.05) is 5.16 Å². The average Bonchev–Trinajstić information content (AvgIpc) is 2.23. The molecule has 0 unspecified atom stereocenters. The highest BCUT2D eigenvalue weighted by Gasteiger charge is 1.86. The smallest absolute Gasteiger partial charge is 0.122 e. The first-order valence-corrected chi connectivity index (χ1v) is 1.84. The first-order valence-electron chi connectivity index (χ1n) is 1.84. The van der Waals surface area contributed by atoms with Gasteiger partial charge in [-0.3, -0.25) is 10.5 Å². The van der Waals surface area contributed by atoms with Crippen molar-refractivity contribution in [3.05, 3.63) is 0 Å². The second-order valence-electron chi connectivity index (χ2n) is 0.910. The SMILES string of the molecule is C1=NOCC1.OO. The lowest BCUT2D eigenvalue weighted by atomic mass is 10.5. The molecule has 2 N–H and O–H groups in total. The van der Waals surface area contributed by atoms with E-state index < -0.39 is 0 Å². The highest BCUT2D eigenvalue weighted by atomic mass is 17.0.